The van der Waals surface area contributed by atoms with E-state index < -0.39 is 9.84 Å². The molecule has 20 heavy (non-hydrogen) atoms. The van der Waals surface area contributed by atoms with E-state index in [1.807, 2.05) is 13.0 Å². The monoisotopic (exact) mass is 298 g/mol. The van der Waals surface area contributed by atoms with E-state index in [0.29, 0.717) is 17.7 Å². The summed E-state index contributed by atoms with van der Waals surface area (Å²) in [4.78, 5) is 4.15. The largest absolute Gasteiger partial charge is 0.359 e. The number of pyridine rings is 1. The van der Waals surface area contributed by atoms with E-state index in [-0.39, 0.29) is 24.0 Å². The standard InChI is InChI=1S/C13H18N2O4S/c1-4-5-12-11(8-19-9-18-2)6-10(7-14)13(15-12)20(3,16)17/h6H,4-5,8-9H2,1-3H3. The molecule has 0 saturated carbocycles. The summed E-state index contributed by atoms with van der Waals surface area (Å²) in [6, 6.07) is 3.41. The van der Waals surface area contributed by atoms with Gasteiger partial charge < -0.3 is 9.47 Å². The molecule has 6 nitrogen and oxygen atoms in total. The Labute approximate surface area is 119 Å². The zero-order valence-corrected chi connectivity index (χ0v) is 12.7. The van der Waals surface area contributed by atoms with Gasteiger partial charge in [-0.1, -0.05) is 13.3 Å². The quantitative estimate of drug-likeness (QED) is 0.559. The van der Waals surface area contributed by atoms with Crippen LogP contribution in [0.2, 0.25) is 0 Å². The molecule has 1 rings (SSSR count). The molecular formula is C13H18N2O4S. The number of ether oxygens (including phenoxy) is 2. The maximum Gasteiger partial charge on any atom is 0.194 e. The summed E-state index contributed by atoms with van der Waals surface area (Å²) in [6.07, 6.45) is 2.49. The van der Waals surface area contributed by atoms with E-state index >= 15 is 0 Å². The van der Waals surface area contributed by atoms with Crippen LogP contribution in [0.3, 0.4) is 0 Å². The molecule has 110 valence electrons. The molecule has 0 radical (unpaired) electrons. The van der Waals surface area contributed by atoms with Crippen molar-refractivity contribution in [3.63, 3.8) is 0 Å². The number of nitriles is 1. The van der Waals surface area contributed by atoms with E-state index in [1.54, 1.807) is 0 Å². The van der Waals surface area contributed by atoms with Gasteiger partial charge in [0, 0.05) is 24.6 Å². The summed E-state index contributed by atoms with van der Waals surface area (Å²) in [5.41, 5.74) is 1.40. The molecule has 1 aromatic heterocycles. The Morgan fingerprint density at radius 2 is 2.15 bits per heavy atom. The van der Waals surface area contributed by atoms with Gasteiger partial charge in [0.05, 0.1) is 12.2 Å². The number of rotatable bonds is 7. The zero-order chi connectivity index (χ0) is 15.2. The van der Waals surface area contributed by atoms with Gasteiger partial charge in [0.15, 0.2) is 14.9 Å². The molecule has 0 saturated heterocycles. The fourth-order valence-corrected chi connectivity index (χ4v) is 2.53. The summed E-state index contributed by atoms with van der Waals surface area (Å²) in [5.74, 6) is 0. The maximum absolute atomic E-state index is 11.7. The van der Waals surface area contributed by atoms with E-state index in [4.69, 9.17) is 14.7 Å². The highest BCUT2D eigenvalue weighted by Gasteiger charge is 2.19. The highest BCUT2D eigenvalue weighted by Crippen LogP contribution is 2.19. The van der Waals surface area contributed by atoms with Crippen LogP contribution in [0, 0.1) is 11.3 Å². The Morgan fingerprint density at radius 1 is 1.45 bits per heavy atom. The molecule has 0 N–H and O–H groups in total. The first-order chi connectivity index (χ1) is 9.43. The lowest BCUT2D eigenvalue weighted by atomic mass is 10.1. The second-order valence-corrected chi connectivity index (χ2v) is 6.27. The van der Waals surface area contributed by atoms with Crippen molar-refractivity contribution in [2.75, 3.05) is 20.2 Å². The van der Waals surface area contributed by atoms with Gasteiger partial charge in [-0.05, 0) is 12.5 Å². The molecular weight excluding hydrogens is 280 g/mol. The SMILES string of the molecule is CCCc1nc(S(C)(=O)=O)c(C#N)cc1COCOC. The lowest BCUT2D eigenvalue weighted by molar-refractivity contribution is -0.0393. The predicted molar refractivity (Wildman–Crippen MR) is 72.7 cm³/mol. The van der Waals surface area contributed by atoms with Gasteiger partial charge >= 0.3 is 0 Å². The smallest absolute Gasteiger partial charge is 0.194 e. The molecule has 0 fully saturated rings. The van der Waals surface area contributed by atoms with Gasteiger partial charge in [-0.15, -0.1) is 0 Å². The highest BCUT2D eigenvalue weighted by atomic mass is 32.2. The minimum atomic E-state index is -3.53. The molecule has 0 unspecified atom stereocenters. The lowest BCUT2D eigenvalue weighted by Gasteiger charge is -2.11. The van der Waals surface area contributed by atoms with Crippen molar-refractivity contribution in [1.82, 2.24) is 4.98 Å². The molecule has 0 atom stereocenters. The Bertz CT molecular complexity index is 606. The van der Waals surface area contributed by atoms with Gasteiger partial charge in [0.1, 0.15) is 12.9 Å². The first-order valence-corrected chi connectivity index (χ1v) is 8.02. The van der Waals surface area contributed by atoms with E-state index in [0.717, 1.165) is 12.7 Å². The fourth-order valence-electron chi connectivity index (χ4n) is 1.75. The molecule has 0 aromatic carbocycles. The average Bonchev–Trinajstić information content (AvgIpc) is 2.39. The topological polar surface area (TPSA) is 89.3 Å². The molecule has 0 aliphatic heterocycles. The van der Waals surface area contributed by atoms with Gasteiger partial charge in [-0.2, -0.15) is 5.26 Å². The molecule has 1 aromatic rings. The van der Waals surface area contributed by atoms with Crippen LogP contribution in [-0.2, 0) is 32.3 Å². The third-order valence-electron chi connectivity index (χ3n) is 2.57. The summed E-state index contributed by atoms with van der Waals surface area (Å²) in [6.45, 7) is 2.33. The molecule has 0 amide bonds. The van der Waals surface area contributed by atoms with E-state index in [9.17, 15) is 8.42 Å². The van der Waals surface area contributed by atoms with Crippen LogP contribution in [0.15, 0.2) is 11.1 Å². The molecule has 0 aliphatic rings. The number of hydrogen-bond acceptors (Lipinski definition) is 6. The minimum Gasteiger partial charge on any atom is -0.359 e. The second-order valence-electron chi connectivity index (χ2n) is 4.34. The second kappa shape index (κ2) is 7.33. The molecule has 0 spiro atoms. The molecule has 0 aliphatic carbocycles. The van der Waals surface area contributed by atoms with Crippen LogP contribution in [0.5, 0.6) is 0 Å². The van der Waals surface area contributed by atoms with Crippen molar-refractivity contribution >= 4 is 9.84 Å². The number of nitrogens with zero attached hydrogens (tertiary/aromatic N) is 2. The minimum absolute atomic E-state index is 0.0448. The Balaban J connectivity index is 3.27. The molecule has 0 bridgehead atoms. The molecule has 1 heterocycles. The van der Waals surface area contributed by atoms with Crippen LogP contribution >= 0.6 is 0 Å². The summed E-state index contributed by atoms with van der Waals surface area (Å²) in [7, 11) is -2.01. The van der Waals surface area contributed by atoms with E-state index in [2.05, 4.69) is 4.98 Å². The zero-order valence-electron chi connectivity index (χ0n) is 11.8. The first-order valence-electron chi connectivity index (χ1n) is 6.13. The number of hydrogen-bond donors (Lipinski definition) is 0. The Hall–Kier alpha value is -1.49. The normalized spacial score (nSPS) is 11.3. The predicted octanol–water partition coefficient (Wildman–Crippen LogP) is 1.43. The van der Waals surface area contributed by atoms with Crippen LogP contribution in [0.25, 0.3) is 0 Å². The summed E-state index contributed by atoms with van der Waals surface area (Å²) in [5, 5.41) is 8.91. The van der Waals surface area contributed by atoms with Crippen molar-refractivity contribution in [2.24, 2.45) is 0 Å². The van der Waals surface area contributed by atoms with Crippen LogP contribution < -0.4 is 0 Å². The number of methoxy groups -OCH3 is 1. The number of aryl methyl sites for hydroxylation is 1. The maximum atomic E-state index is 11.7. The summed E-state index contributed by atoms with van der Waals surface area (Å²) < 4.78 is 33.4. The van der Waals surface area contributed by atoms with Crippen LogP contribution in [-0.4, -0.2) is 33.6 Å². The molecule has 7 heteroatoms. The third kappa shape index (κ3) is 4.27. The van der Waals surface area contributed by atoms with Crippen molar-refractivity contribution in [3.8, 4) is 6.07 Å². The van der Waals surface area contributed by atoms with Gasteiger partial charge in [-0.3, -0.25) is 0 Å². The Morgan fingerprint density at radius 3 is 2.65 bits per heavy atom. The van der Waals surface area contributed by atoms with Gasteiger partial charge in [-0.25, -0.2) is 13.4 Å². The fraction of sp³-hybridized carbons (Fsp3) is 0.538. The third-order valence-corrected chi connectivity index (χ3v) is 3.59. The highest BCUT2D eigenvalue weighted by molar-refractivity contribution is 7.90. The van der Waals surface area contributed by atoms with Gasteiger partial charge in [0.25, 0.3) is 0 Å². The van der Waals surface area contributed by atoms with Crippen LogP contribution in [0.4, 0.5) is 0 Å². The number of sulfone groups is 1. The van der Waals surface area contributed by atoms with Crippen molar-refractivity contribution < 1.29 is 17.9 Å². The Kier molecular flexibility index (Phi) is 6.07. The van der Waals surface area contributed by atoms with Crippen molar-refractivity contribution in [2.45, 2.75) is 31.4 Å². The first kappa shape index (κ1) is 16.6. The number of aromatic nitrogens is 1. The van der Waals surface area contributed by atoms with Crippen molar-refractivity contribution in [3.05, 3.63) is 22.9 Å². The van der Waals surface area contributed by atoms with Crippen molar-refractivity contribution in [1.29, 1.82) is 5.26 Å². The average molecular weight is 298 g/mol. The van der Waals surface area contributed by atoms with E-state index in [1.165, 1.54) is 13.2 Å². The van der Waals surface area contributed by atoms with Crippen LogP contribution in [0.1, 0.15) is 30.2 Å². The summed E-state index contributed by atoms with van der Waals surface area (Å²) >= 11 is 0. The van der Waals surface area contributed by atoms with Gasteiger partial charge in [0.2, 0.25) is 0 Å². The lowest BCUT2D eigenvalue weighted by Crippen LogP contribution is -2.10.